The number of fused-ring (bicyclic) bond motifs is 2. The predicted octanol–water partition coefficient (Wildman–Crippen LogP) is 3.27. The molecule has 10 nitrogen and oxygen atoms in total. The zero-order chi connectivity index (χ0) is 24.2. The Bertz CT molecular complexity index is 1340. The molecule has 1 atom stereocenters. The fraction of sp³-hybridized carbons (Fsp3) is 0.320. The van der Waals surface area contributed by atoms with Gasteiger partial charge in [-0.2, -0.15) is 5.10 Å². The second kappa shape index (κ2) is 9.96. The number of ether oxygens (including phenoxy) is 2. The number of nitrogens with zero attached hydrogens (tertiary/aromatic N) is 5. The van der Waals surface area contributed by atoms with Crippen molar-refractivity contribution in [2.75, 3.05) is 25.6 Å². The Kier molecular flexibility index (Phi) is 6.42. The molecule has 10 heteroatoms. The van der Waals surface area contributed by atoms with Crippen LogP contribution in [0.15, 0.2) is 48.9 Å². The molecule has 2 N–H and O–H groups in total. The summed E-state index contributed by atoms with van der Waals surface area (Å²) in [5.74, 6) is 0.121. The maximum atomic E-state index is 11.6. The van der Waals surface area contributed by atoms with E-state index < -0.39 is 12.0 Å². The molecule has 4 heterocycles. The van der Waals surface area contributed by atoms with Gasteiger partial charge in [0.2, 0.25) is 5.88 Å². The minimum atomic E-state index is -0.956. The standard InChI is InChI=1S/C25H26N6O4/c1-34-24-15-27-21(14-28-24)23(12-25(32)33)31-22-7-5-18(11-16(22)13-29-31)35-10-8-17-4-6-19-20(30-17)3-2-9-26-19/h4-7,11,13-15,23,26H,2-3,8-10,12H2,1H3,(H,32,33). The number of carboxylic acid groups (broad SMARTS) is 1. The number of anilines is 1. The average molecular weight is 475 g/mol. The molecule has 1 aliphatic heterocycles. The predicted molar refractivity (Wildman–Crippen MR) is 129 cm³/mol. The first kappa shape index (κ1) is 22.6. The van der Waals surface area contributed by atoms with Crippen molar-refractivity contribution < 1.29 is 19.4 Å². The van der Waals surface area contributed by atoms with Gasteiger partial charge in [0.05, 0.1) is 61.3 Å². The highest BCUT2D eigenvalue weighted by molar-refractivity contribution is 5.80. The molecule has 0 bridgehead atoms. The van der Waals surface area contributed by atoms with Crippen molar-refractivity contribution in [2.45, 2.75) is 31.7 Å². The molecule has 1 aromatic carbocycles. The fourth-order valence-corrected chi connectivity index (χ4v) is 4.24. The quantitative estimate of drug-likeness (QED) is 0.376. The maximum absolute atomic E-state index is 11.6. The third kappa shape index (κ3) is 5.01. The zero-order valence-electron chi connectivity index (χ0n) is 19.3. The first-order chi connectivity index (χ1) is 17.1. The molecule has 1 aliphatic rings. The first-order valence-corrected chi connectivity index (χ1v) is 11.5. The van der Waals surface area contributed by atoms with E-state index in [1.54, 1.807) is 10.9 Å². The van der Waals surface area contributed by atoms with Gasteiger partial charge in [0, 0.05) is 24.0 Å². The highest BCUT2D eigenvalue weighted by atomic mass is 16.5. The first-order valence-electron chi connectivity index (χ1n) is 11.5. The summed E-state index contributed by atoms with van der Waals surface area (Å²) >= 11 is 0. The van der Waals surface area contributed by atoms with Crippen molar-refractivity contribution >= 4 is 22.6 Å². The van der Waals surface area contributed by atoms with Gasteiger partial charge in [-0.15, -0.1) is 0 Å². The van der Waals surface area contributed by atoms with Crippen LogP contribution in [0.25, 0.3) is 10.9 Å². The number of carbonyl (C=O) groups is 1. The van der Waals surface area contributed by atoms with Gasteiger partial charge in [0.25, 0.3) is 0 Å². The van der Waals surface area contributed by atoms with Gasteiger partial charge in [-0.1, -0.05) is 0 Å². The summed E-state index contributed by atoms with van der Waals surface area (Å²) in [6, 6.07) is 9.17. The second-order valence-electron chi connectivity index (χ2n) is 8.33. The number of carboxylic acids is 1. The van der Waals surface area contributed by atoms with E-state index >= 15 is 0 Å². The lowest BCUT2D eigenvalue weighted by molar-refractivity contribution is -0.137. The molecule has 35 heavy (non-hydrogen) atoms. The summed E-state index contributed by atoms with van der Waals surface area (Å²) in [6.45, 7) is 1.50. The summed E-state index contributed by atoms with van der Waals surface area (Å²) in [7, 11) is 1.50. The van der Waals surface area contributed by atoms with Crippen LogP contribution in [-0.2, 0) is 17.6 Å². The SMILES string of the molecule is COc1cnc(C(CC(=O)O)n2ncc3cc(OCCc4ccc5c(n4)CCCN5)ccc32)cn1. The molecule has 1 unspecified atom stereocenters. The summed E-state index contributed by atoms with van der Waals surface area (Å²) in [4.78, 5) is 24.8. The fourth-order valence-electron chi connectivity index (χ4n) is 4.24. The van der Waals surface area contributed by atoms with Crippen molar-refractivity contribution in [1.82, 2.24) is 24.7 Å². The van der Waals surface area contributed by atoms with E-state index in [0.717, 1.165) is 53.1 Å². The van der Waals surface area contributed by atoms with E-state index in [1.165, 1.54) is 19.5 Å². The van der Waals surface area contributed by atoms with Crippen LogP contribution in [-0.4, -0.2) is 56.1 Å². The number of rotatable bonds is 9. The van der Waals surface area contributed by atoms with Crippen molar-refractivity contribution in [3.8, 4) is 11.6 Å². The molecule has 0 radical (unpaired) electrons. The van der Waals surface area contributed by atoms with Crippen LogP contribution in [0.2, 0.25) is 0 Å². The van der Waals surface area contributed by atoms with Crippen molar-refractivity contribution in [2.24, 2.45) is 0 Å². The van der Waals surface area contributed by atoms with Crippen molar-refractivity contribution in [1.29, 1.82) is 0 Å². The number of methoxy groups -OCH3 is 1. The minimum Gasteiger partial charge on any atom is -0.493 e. The highest BCUT2D eigenvalue weighted by Gasteiger charge is 2.22. The van der Waals surface area contributed by atoms with Gasteiger partial charge in [0.1, 0.15) is 11.8 Å². The van der Waals surface area contributed by atoms with Crippen LogP contribution in [0, 0.1) is 0 Å². The van der Waals surface area contributed by atoms with Crippen LogP contribution in [0.5, 0.6) is 11.6 Å². The average Bonchev–Trinajstić information content (AvgIpc) is 3.30. The molecule has 3 aromatic heterocycles. The largest absolute Gasteiger partial charge is 0.493 e. The molecule has 0 aliphatic carbocycles. The lowest BCUT2D eigenvalue weighted by atomic mass is 10.1. The smallest absolute Gasteiger partial charge is 0.305 e. The molecular weight excluding hydrogens is 448 g/mol. The normalized spacial score (nSPS) is 13.6. The number of hydrogen-bond acceptors (Lipinski definition) is 8. The van der Waals surface area contributed by atoms with E-state index in [9.17, 15) is 9.90 Å². The Morgan fingerprint density at radius 2 is 2.11 bits per heavy atom. The Balaban J connectivity index is 1.30. The lowest BCUT2D eigenvalue weighted by Crippen LogP contribution is -2.17. The van der Waals surface area contributed by atoms with E-state index in [4.69, 9.17) is 14.5 Å². The topological polar surface area (TPSA) is 124 Å². The van der Waals surface area contributed by atoms with Crippen LogP contribution in [0.3, 0.4) is 0 Å². The van der Waals surface area contributed by atoms with Gasteiger partial charge >= 0.3 is 5.97 Å². The van der Waals surface area contributed by atoms with Crippen LogP contribution < -0.4 is 14.8 Å². The summed E-state index contributed by atoms with van der Waals surface area (Å²) < 4.78 is 12.7. The molecule has 5 rings (SSSR count). The molecule has 0 saturated heterocycles. The third-order valence-electron chi connectivity index (χ3n) is 5.99. The van der Waals surface area contributed by atoms with Gasteiger partial charge in [0.15, 0.2) is 0 Å². The molecule has 0 spiro atoms. The van der Waals surface area contributed by atoms with E-state index in [0.29, 0.717) is 24.6 Å². The molecule has 0 saturated carbocycles. The second-order valence-corrected chi connectivity index (χ2v) is 8.33. The van der Waals surface area contributed by atoms with Gasteiger partial charge in [-0.25, -0.2) is 4.98 Å². The summed E-state index contributed by atoms with van der Waals surface area (Å²) in [5.41, 5.74) is 4.54. The van der Waals surface area contributed by atoms with Crippen LogP contribution in [0.1, 0.15) is 36.0 Å². The minimum absolute atomic E-state index is 0.181. The third-order valence-corrected chi connectivity index (χ3v) is 5.99. The number of aryl methyl sites for hydroxylation is 1. The van der Waals surface area contributed by atoms with Gasteiger partial charge < -0.3 is 19.9 Å². The maximum Gasteiger partial charge on any atom is 0.305 e. The Morgan fingerprint density at radius 3 is 2.91 bits per heavy atom. The van der Waals surface area contributed by atoms with E-state index in [2.05, 4.69) is 26.4 Å². The van der Waals surface area contributed by atoms with Crippen molar-refractivity contribution in [3.05, 3.63) is 66.0 Å². The Labute approximate surface area is 202 Å². The number of hydrogen-bond donors (Lipinski definition) is 2. The van der Waals surface area contributed by atoms with Gasteiger partial charge in [-0.05, 0) is 43.2 Å². The molecule has 4 aromatic rings. The van der Waals surface area contributed by atoms with E-state index in [-0.39, 0.29) is 6.42 Å². The molecule has 180 valence electrons. The van der Waals surface area contributed by atoms with Crippen LogP contribution >= 0.6 is 0 Å². The van der Waals surface area contributed by atoms with E-state index in [1.807, 2.05) is 24.3 Å². The number of benzene rings is 1. The molecule has 0 amide bonds. The Morgan fingerprint density at radius 1 is 1.20 bits per heavy atom. The summed E-state index contributed by atoms with van der Waals surface area (Å²) in [5, 5.41) is 18.2. The number of aromatic nitrogens is 5. The molecular formula is C25H26N6O4. The number of pyridine rings is 1. The highest BCUT2D eigenvalue weighted by Crippen LogP contribution is 2.28. The molecule has 0 fully saturated rings. The monoisotopic (exact) mass is 474 g/mol. The zero-order valence-corrected chi connectivity index (χ0v) is 19.3. The Hall–Kier alpha value is -4.21. The van der Waals surface area contributed by atoms with Crippen LogP contribution in [0.4, 0.5) is 5.69 Å². The number of aliphatic carboxylic acids is 1. The summed E-state index contributed by atoms with van der Waals surface area (Å²) in [6.07, 6.45) is 7.32. The van der Waals surface area contributed by atoms with Crippen molar-refractivity contribution in [3.63, 3.8) is 0 Å². The van der Waals surface area contributed by atoms with Gasteiger partial charge in [-0.3, -0.25) is 19.4 Å². The number of nitrogens with one attached hydrogen (secondary N) is 1. The lowest BCUT2D eigenvalue weighted by Gasteiger charge is -2.17.